The van der Waals surface area contributed by atoms with Gasteiger partial charge in [0, 0.05) is 5.56 Å². The molecule has 1 aliphatic carbocycles. The molecular weight excluding hydrogens is 300 g/mol. The zero-order chi connectivity index (χ0) is 13.5. The SMILES string of the molecule is COc1cc(C)c(OC)c(Br)c1C1(C(=O)O)CC1. The molecule has 0 spiro atoms. The van der Waals surface area contributed by atoms with E-state index < -0.39 is 11.4 Å². The highest BCUT2D eigenvalue weighted by molar-refractivity contribution is 9.10. The average molecular weight is 315 g/mol. The van der Waals surface area contributed by atoms with Crippen LogP contribution in [-0.2, 0) is 10.2 Å². The summed E-state index contributed by atoms with van der Waals surface area (Å²) in [6.07, 6.45) is 1.26. The summed E-state index contributed by atoms with van der Waals surface area (Å²) in [5, 5.41) is 9.42. The Hall–Kier alpha value is -1.23. The third kappa shape index (κ3) is 1.77. The van der Waals surface area contributed by atoms with Gasteiger partial charge in [-0.1, -0.05) is 0 Å². The molecule has 2 rings (SSSR count). The van der Waals surface area contributed by atoms with Crippen LogP contribution < -0.4 is 9.47 Å². The number of halogens is 1. The van der Waals surface area contributed by atoms with Crippen molar-refractivity contribution >= 4 is 21.9 Å². The van der Waals surface area contributed by atoms with Gasteiger partial charge in [-0.25, -0.2) is 0 Å². The van der Waals surface area contributed by atoms with Gasteiger partial charge in [0.05, 0.1) is 24.1 Å². The van der Waals surface area contributed by atoms with Crippen LogP contribution in [0.1, 0.15) is 24.0 Å². The van der Waals surface area contributed by atoms with Gasteiger partial charge in [-0.15, -0.1) is 0 Å². The van der Waals surface area contributed by atoms with Crippen LogP contribution in [-0.4, -0.2) is 25.3 Å². The summed E-state index contributed by atoms with van der Waals surface area (Å²) in [5.41, 5.74) is 0.761. The van der Waals surface area contributed by atoms with Gasteiger partial charge in [0.15, 0.2) is 0 Å². The second kappa shape index (κ2) is 4.46. The molecule has 0 bridgehead atoms. The van der Waals surface area contributed by atoms with E-state index in [1.165, 1.54) is 0 Å². The minimum absolute atomic E-state index is 0.597. The average Bonchev–Trinajstić information content (AvgIpc) is 3.10. The molecule has 0 unspecified atom stereocenters. The highest BCUT2D eigenvalue weighted by atomic mass is 79.9. The van der Waals surface area contributed by atoms with Gasteiger partial charge in [0.25, 0.3) is 0 Å². The largest absolute Gasteiger partial charge is 0.496 e. The fourth-order valence-electron chi connectivity index (χ4n) is 2.28. The van der Waals surface area contributed by atoms with Gasteiger partial charge in [-0.05, 0) is 47.3 Å². The van der Waals surface area contributed by atoms with E-state index in [0.29, 0.717) is 34.4 Å². The Kier molecular flexibility index (Phi) is 3.27. The molecule has 1 N–H and O–H groups in total. The summed E-state index contributed by atoms with van der Waals surface area (Å²) in [7, 11) is 3.12. The summed E-state index contributed by atoms with van der Waals surface area (Å²) >= 11 is 3.46. The van der Waals surface area contributed by atoms with Crippen LogP contribution in [0, 0.1) is 6.92 Å². The van der Waals surface area contributed by atoms with Crippen molar-refractivity contribution in [2.75, 3.05) is 14.2 Å². The highest BCUT2D eigenvalue weighted by Crippen LogP contribution is 2.56. The van der Waals surface area contributed by atoms with Crippen LogP contribution in [0.2, 0.25) is 0 Å². The quantitative estimate of drug-likeness (QED) is 0.928. The summed E-state index contributed by atoms with van der Waals surface area (Å²) < 4.78 is 11.3. The summed E-state index contributed by atoms with van der Waals surface area (Å²) in [5.74, 6) is 0.450. The lowest BCUT2D eigenvalue weighted by Crippen LogP contribution is -2.21. The molecule has 18 heavy (non-hydrogen) atoms. The first-order valence-electron chi connectivity index (χ1n) is 5.63. The van der Waals surface area contributed by atoms with Crippen molar-refractivity contribution in [2.24, 2.45) is 0 Å². The van der Waals surface area contributed by atoms with Crippen LogP contribution in [0.3, 0.4) is 0 Å². The Morgan fingerprint density at radius 3 is 2.39 bits per heavy atom. The number of methoxy groups -OCH3 is 2. The number of carbonyl (C=O) groups is 1. The van der Waals surface area contributed by atoms with Gasteiger partial charge in [0.1, 0.15) is 11.5 Å². The molecule has 0 radical (unpaired) electrons. The number of carboxylic acids is 1. The Balaban J connectivity index is 2.69. The third-order valence-electron chi connectivity index (χ3n) is 3.43. The first kappa shape index (κ1) is 13.2. The van der Waals surface area contributed by atoms with E-state index in [2.05, 4.69) is 15.9 Å². The maximum absolute atomic E-state index is 11.5. The number of hydrogen-bond donors (Lipinski definition) is 1. The number of carboxylic acid groups (broad SMARTS) is 1. The minimum atomic E-state index is -0.828. The minimum Gasteiger partial charge on any atom is -0.496 e. The Bertz CT molecular complexity index is 506. The fourth-order valence-corrected chi connectivity index (χ4v) is 3.33. The van der Waals surface area contributed by atoms with Crippen molar-refractivity contribution in [2.45, 2.75) is 25.2 Å². The van der Waals surface area contributed by atoms with Gasteiger partial charge in [0.2, 0.25) is 0 Å². The van der Waals surface area contributed by atoms with Gasteiger partial charge < -0.3 is 14.6 Å². The predicted octanol–water partition coefficient (Wildman–Crippen LogP) is 2.89. The molecule has 1 saturated carbocycles. The second-order valence-corrected chi connectivity index (χ2v) is 5.30. The van der Waals surface area contributed by atoms with E-state index in [1.54, 1.807) is 14.2 Å². The summed E-state index contributed by atoms with van der Waals surface area (Å²) in [4.78, 5) is 11.5. The van der Waals surface area contributed by atoms with Crippen molar-refractivity contribution < 1.29 is 19.4 Å². The normalized spacial score (nSPS) is 16.2. The topological polar surface area (TPSA) is 55.8 Å². The summed E-state index contributed by atoms with van der Waals surface area (Å²) in [6, 6.07) is 1.82. The van der Waals surface area contributed by atoms with Crippen LogP contribution in [0.25, 0.3) is 0 Å². The first-order valence-corrected chi connectivity index (χ1v) is 6.42. The number of ether oxygens (including phenoxy) is 2. The number of rotatable bonds is 4. The van der Waals surface area contributed by atoms with Gasteiger partial charge in [-0.2, -0.15) is 0 Å². The molecule has 1 aromatic carbocycles. The first-order chi connectivity index (χ1) is 8.47. The van der Waals surface area contributed by atoms with Gasteiger partial charge in [-0.3, -0.25) is 4.79 Å². The lowest BCUT2D eigenvalue weighted by molar-refractivity contribution is -0.140. The fraction of sp³-hybridized carbons (Fsp3) is 0.462. The molecule has 0 heterocycles. The van der Waals surface area contributed by atoms with E-state index in [1.807, 2.05) is 13.0 Å². The van der Waals surface area contributed by atoms with Crippen molar-refractivity contribution in [1.82, 2.24) is 0 Å². The highest BCUT2D eigenvalue weighted by Gasteiger charge is 2.55. The Morgan fingerprint density at radius 1 is 1.39 bits per heavy atom. The van der Waals surface area contributed by atoms with E-state index in [4.69, 9.17) is 9.47 Å². The molecule has 0 atom stereocenters. The molecule has 5 heteroatoms. The molecule has 1 fully saturated rings. The maximum atomic E-state index is 11.5. The van der Waals surface area contributed by atoms with Crippen molar-refractivity contribution in [3.05, 3.63) is 21.7 Å². The predicted molar refractivity (Wildman–Crippen MR) is 70.5 cm³/mol. The molecule has 0 aliphatic heterocycles. The third-order valence-corrected chi connectivity index (χ3v) is 4.19. The molecule has 0 aromatic heterocycles. The van der Waals surface area contributed by atoms with E-state index in [9.17, 15) is 9.90 Å². The number of aliphatic carboxylic acids is 1. The van der Waals surface area contributed by atoms with Crippen molar-refractivity contribution in [1.29, 1.82) is 0 Å². The number of aryl methyl sites for hydroxylation is 1. The molecule has 1 aliphatic rings. The Labute approximate surface area is 114 Å². The number of benzene rings is 1. The lowest BCUT2D eigenvalue weighted by Gasteiger charge is -2.20. The second-order valence-electron chi connectivity index (χ2n) is 4.51. The van der Waals surface area contributed by atoms with E-state index >= 15 is 0 Å². The van der Waals surface area contributed by atoms with Crippen molar-refractivity contribution in [3.63, 3.8) is 0 Å². The zero-order valence-electron chi connectivity index (χ0n) is 10.5. The molecule has 4 nitrogen and oxygen atoms in total. The van der Waals surface area contributed by atoms with E-state index in [0.717, 1.165) is 5.56 Å². The Morgan fingerprint density at radius 2 is 2.00 bits per heavy atom. The standard InChI is InChI=1S/C13H15BrO4/c1-7-6-8(17-2)9(10(14)11(7)18-3)13(4-5-13)12(15)16/h6H,4-5H2,1-3H3,(H,15,16). The molecule has 0 saturated heterocycles. The smallest absolute Gasteiger partial charge is 0.314 e. The zero-order valence-corrected chi connectivity index (χ0v) is 12.1. The lowest BCUT2D eigenvalue weighted by atomic mass is 9.93. The monoisotopic (exact) mass is 314 g/mol. The number of hydrogen-bond acceptors (Lipinski definition) is 3. The maximum Gasteiger partial charge on any atom is 0.314 e. The molecule has 1 aromatic rings. The van der Waals surface area contributed by atoms with Gasteiger partial charge >= 0.3 is 5.97 Å². The summed E-state index contributed by atoms with van der Waals surface area (Å²) in [6.45, 7) is 1.90. The molecular formula is C13H15BrO4. The van der Waals surface area contributed by atoms with Crippen LogP contribution >= 0.6 is 15.9 Å². The molecule has 0 amide bonds. The van der Waals surface area contributed by atoms with Crippen LogP contribution in [0.15, 0.2) is 10.5 Å². The van der Waals surface area contributed by atoms with E-state index in [-0.39, 0.29) is 0 Å². The molecule has 98 valence electrons. The van der Waals surface area contributed by atoms with Crippen LogP contribution in [0.5, 0.6) is 11.5 Å². The van der Waals surface area contributed by atoms with Crippen molar-refractivity contribution in [3.8, 4) is 11.5 Å². The van der Waals surface area contributed by atoms with Crippen LogP contribution in [0.4, 0.5) is 0 Å².